The molecule has 1 aliphatic rings. The van der Waals surface area contributed by atoms with E-state index in [0.717, 1.165) is 28.0 Å². The zero-order valence-electron chi connectivity index (χ0n) is 8.91. The molecule has 2 rings (SSSR count). The lowest BCUT2D eigenvalue weighted by molar-refractivity contribution is 0.296. The number of hydrogen-bond acceptors (Lipinski definition) is 3. The smallest absolute Gasteiger partial charge is 0.169 e. The Hall–Kier alpha value is -1.00. The number of ether oxygens (including phenoxy) is 2. The topological polar surface area (TPSA) is 44.5 Å². The van der Waals surface area contributed by atoms with Crippen molar-refractivity contribution in [2.24, 2.45) is 5.73 Å². The number of hydrogen-bond donors (Lipinski definition) is 1. The minimum Gasteiger partial charge on any atom is -0.490 e. The molecule has 0 saturated heterocycles. The second-order valence-corrected chi connectivity index (χ2v) is 4.33. The van der Waals surface area contributed by atoms with Crippen molar-refractivity contribution in [1.29, 1.82) is 0 Å². The van der Waals surface area contributed by atoms with Crippen molar-refractivity contribution < 1.29 is 9.47 Å². The summed E-state index contributed by atoms with van der Waals surface area (Å²) in [7, 11) is 0. The average molecular weight is 284 g/mol. The van der Waals surface area contributed by atoms with Crippen molar-refractivity contribution in [2.45, 2.75) is 6.42 Å². The summed E-state index contributed by atoms with van der Waals surface area (Å²) >= 11 is 3.50. The number of nitrogens with two attached hydrogens (primary N) is 1. The molecule has 1 aliphatic heterocycles. The molecule has 16 heavy (non-hydrogen) atoms. The third-order valence-electron chi connectivity index (χ3n) is 2.32. The van der Waals surface area contributed by atoms with E-state index in [4.69, 9.17) is 15.2 Å². The molecule has 0 spiro atoms. The molecule has 0 radical (unpaired) electrons. The molecule has 0 fully saturated rings. The molecule has 1 heterocycles. The quantitative estimate of drug-likeness (QED) is 0.907. The predicted octanol–water partition coefficient (Wildman–Crippen LogP) is 2.58. The molecule has 0 atom stereocenters. The monoisotopic (exact) mass is 283 g/mol. The Kier molecular flexibility index (Phi) is 3.85. The second kappa shape index (κ2) is 5.37. The first-order valence-electron chi connectivity index (χ1n) is 5.27. The van der Waals surface area contributed by atoms with Gasteiger partial charge in [0.05, 0.1) is 13.2 Å². The standard InChI is InChI=1S/C12H14BrNO2/c13-10-4-5-11-12(9(10)3-1-6-14)16-8-2-7-15-11/h1,3-5H,2,6-8,14H2/b3-1+. The highest BCUT2D eigenvalue weighted by atomic mass is 79.9. The molecule has 0 amide bonds. The molecule has 0 unspecified atom stereocenters. The zero-order chi connectivity index (χ0) is 11.4. The van der Waals surface area contributed by atoms with Crippen LogP contribution in [0.4, 0.5) is 0 Å². The van der Waals surface area contributed by atoms with Gasteiger partial charge in [-0.05, 0) is 12.1 Å². The van der Waals surface area contributed by atoms with Crippen LogP contribution in [0.15, 0.2) is 22.7 Å². The van der Waals surface area contributed by atoms with E-state index in [1.807, 2.05) is 24.3 Å². The van der Waals surface area contributed by atoms with Crippen molar-refractivity contribution in [3.8, 4) is 11.5 Å². The minimum atomic E-state index is 0.511. The Bertz CT molecular complexity index is 404. The van der Waals surface area contributed by atoms with E-state index in [1.165, 1.54) is 0 Å². The van der Waals surface area contributed by atoms with Gasteiger partial charge in [-0.25, -0.2) is 0 Å². The third-order valence-corrected chi connectivity index (χ3v) is 3.01. The maximum absolute atomic E-state index is 5.71. The van der Waals surface area contributed by atoms with Crippen LogP contribution < -0.4 is 15.2 Å². The fourth-order valence-electron chi connectivity index (χ4n) is 1.57. The summed E-state index contributed by atoms with van der Waals surface area (Å²) in [5, 5.41) is 0. The van der Waals surface area contributed by atoms with Crippen LogP contribution in [0.5, 0.6) is 11.5 Å². The van der Waals surface area contributed by atoms with Crippen LogP contribution in [0.3, 0.4) is 0 Å². The van der Waals surface area contributed by atoms with Gasteiger partial charge in [-0.3, -0.25) is 0 Å². The molecular formula is C12H14BrNO2. The summed E-state index contributed by atoms with van der Waals surface area (Å²) in [6.07, 6.45) is 4.76. The Balaban J connectivity index is 2.44. The number of benzene rings is 1. The van der Waals surface area contributed by atoms with Gasteiger partial charge in [0.2, 0.25) is 0 Å². The molecule has 4 heteroatoms. The molecule has 1 aromatic carbocycles. The van der Waals surface area contributed by atoms with Crippen LogP contribution in [0, 0.1) is 0 Å². The third kappa shape index (κ3) is 2.39. The van der Waals surface area contributed by atoms with Crippen molar-refractivity contribution >= 4 is 22.0 Å². The number of rotatable bonds is 2. The minimum absolute atomic E-state index is 0.511. The molecule has 0 saturated carbocycles. The predicted molar refractivity (Wildman–Crippen MR) is 67.8 cm³/mol. The van der Waals surface area contributed by atoms with Gasteiger partial charge in [0.25, 0.3) is 0 Å². The fourth-order valence-corrected chi connectivity index (χ4v) is 2.02. The Morgan fingerprint density at radius 2 is 2.12 bits per heavy atom. The van der Waals surface area contributed by atoms with Gasteiger partial charge in [0, 0.05) is 23.0 Å². The largest absolute Gasteiger partial charge is 0.490 e. The molecule has 0 aliphatic carbocycles. The van der Waals surface area contributed by atoms with Gasteiger partial charge >= 0.3 is 0 Å². The van der Waals surface area contributed by atoms with Gasteiger partial charge < -0.3 is 15.2 Å². The SMILES string of the molecule is NC/C=C/c1c(Br)ccc2c1OCCCO2. The molecule has 0 bridgehead atoms. The van der Waals surface area contributed by atoms with E-state index in [-0.39, 0.29) is 0 Å². The lowest BCUT2D eigenvalue weighted by Gasteiger charge is -2.11. The average Bonchev–Trinajstić information content (AvgIpc) is 2.53. The summed E-state index contributed by atoms with van der Waals surface area (Å²) in [6, 6.07) is 3.88. The van der Waals surface area contributed by atoms with E-state index < -0.39 is 0 Å². The van der Waals surface area contributed by atoms with Crippen LogP contribution in [-0.4, -0.2) is 19.8 Å². The van der Waals surface area contributed by atoms with Crippen molar-refractivity contribution in [2.75, 3.05) is 19.8 Å². The summed E-state index contributed by atoms with van der Waals surface area (Å²) in [5.74, 6) is 1.61. The van der Waals surface area contributed by atoms with Crippen molar-refractivity contribution in [3.63, 3.8) is 0 Å². The van der Waals surface area contributed by atoms with E-state index >= 15 is 0 Å². The van der Waals surface area contributed by atoms with Crippen LogP contribution in [0.1, 0.15) is 12.0 Å². The lowest BCUT2D eigenvalue weighted by atomic mass is 10.1. The molecular weight excluding hydrogens is 270 g/mol. The normalized spacial score (nSPS) is 15.1. The highest BCUT2D eigenvalue weighted by Gasteiger charge is 2.15. The summed E-state index contributed by atoms with van der Waals surface area (Å²) in [4.78, 5) is 0. The molecule has 86 valence electrons. The van der Waals surface area contributed by atoms with Crippen LogP contribution >= 0.6 is 15.9 Å². The maximum atomic E-state index is 5.71. The van der Waals surface area contributed by atoms with E-state index in [2.05, 4.69) is 15.9 Å². The lowest BCUT2D eigenvalue weighted by Crippen LogP contribution is -1.98. The van der Waals surface area contributed by atoms with Gasteiger partial charge in [-0.2, -0.15) is 0 Å². The van der Waals surface area contributed by atoms with Gasteiger partial charge in [-0.1, -0.05) is 28.1 Å². The molecule has 1 aromatic rings. The zero-order valence-corrected chi connectivity index (χ0v) is 10.5. The number of halogens is 1. The summed E-state index contributed by atoms with van der Waals surface area (Å²) < 4.78 is 12.3. The van der Waals surface area contributed by atoms with Gasteiger partial charge in [0.1, 0.15) is 0 Å². The van der Waals surface area contributed by atoms with E-state index in [0.29, 0.717) is 19.8 Å². The maximum Gasteiger partial charge on any atom is 0.169 e. The Morgan fingerprint density at radius 1 is 1.31 bits per heavy atom. The first-order chi connectivity index (χ1) is 7.83. The molecule has 3 nitrogen and oxygen atoms in total. The molecule has 2 N–H and O–H groups in total. The van der Waals surface area contributed by atoms with Crippen molar-refractivity contribution in [1.82, 2.24) is 0 Å². The van der Waals surface area contributed by atoms with Crippen LogP contribution in [-0.2, 0) is 0 Å². The molecule has 0 aromatic heterocycles. The summed E-state index contributed by atoms with van der Waals surface area (Å²) in [5.41, 5.74) is 6.45. The highest BCUT2D eigenvalue weighted by Crippen LogP contribution is 2.38. The Labute approximate surface area is 103 Å². The van der Waals surface area contributed by atoms with E-state index in [1.54, 1.807) is 0 Å². The first-order valence-corrected chi connectivity index (χ1v) is 6.07. The Morgan fingerprint density at radius 3 is 2.94 bits per heavy atom. The van der Waals surface area contributed by atoms with E-state index in [9.17, 15) is 0 Å². The van der Waals surface area contributed by atoms with Crippen molar-refractivity contribution in [3.05, 3.63) is 28.2 Å². The second-order valence-electron chi connectivity index (χ2n) is 3.48. The van der Waals surface area contributed by atoms with Crippen LogP contribution in [0.25, 0.3) is 6.08 Å². The highest BCUT2D eigenvalue weighted by molar-refractivity contribution is 9.10. The first kappa shape index (κ1) is 11.5. The van der Waals surface area contributed by atoms with Gasteiger partial charge in [-0.15, -0.1) is 0 Å². The van der Waals surface area contributed by atoms with Crippen LogP contribution in [0.2, 0.25) is 0 Å². The van der Waals surface area contributed by atoms with Gasteiger partial charge in [0.15, 0.2) is 11.5 Å². The fraction of sp³-hybridized carbons (Fsp3) is 0.333. The summed E-state index contributed by atoms with van der Waals surface area (Å²) in [6.45, 7) is 1.90. The number of fused-ring (bicyclic) bond motifs is 1.